The van der Waals surface area contributed by atoms with Gasteiger partial charge in [0.15, 0.2) is 0 Å². The van der Waals surface area contributed by atoms with Crippen LogP contribution in [-0.4, -0.2) is 51.3 Å². The summed E-state index contributed by atoms with van der Waals surface area (Å²) >= 11 is 0. The number of ether oxygens (including phenoxy) is 2. The number of carbonyl (C=O) groups is 1. The monoisotopic (exact) mass is 265 g/mol. The number of nitrogens with two attached hydrogens (primary N) is 1. The molecule has 1 unspecified atom stereocenters. The van der Waals surface area contributed by atoms with E-state index in [1.807, 2.05) is 6.07 Å². The van der Waals surface area contributed by atoms with Gasteiger partial charge in [-0.1, -0.05) is 0 Å². The Bertz CT molecular complexity index is 478. The maximum absolute atomic E-state index is 12.2. The summed E-state index contributed by atoms with van der Waals surface area (Å²) in [6.45, 7) is 1.01. The predicted molar refractivity (Wildman–Crippen MR) is 72.9 cm³/mol. The van der Waals surface area contributed by atoms with Gasteiger partial charge >= 0.3 is 6.03 Å². The van der Waals surface area contributed by atoms with Crippen LogP contribution in [0.2, 0.25) is 0 Å². The van der Waals surface area contributed by atoms with Crippen molar-refractivity contribution in [3.8, 4) is 11.5 Å². The van der Waals surface area contributed by atoms with E-state index in [0.29, 0.717) is 24.6 Å². The molecular weight excluding hydrogens is 246 g/mol. The Balaban J connectivity index is 2.34. The number of likely N-dealkylation sites (N-methyl/N-ethyl adjacent to an activating group) is 1. The lowest BCUT2D eigenvalue weighted by Gasteiger charge is -2.19. The van der Waals surface area contributed by atoms with E-state index in [1.165, 1.54) is 0 Å². The largest absolute Gasteiger partial charge is 0.497 e. The molecule has 1 saturated heterocycles. The van der Waals surface area contributed by atoms with Crippen molar-refractivity contribution >= 4 is 11.7 Å². The third kappa shape index (κ3) is 2.31. The number of benzene rings is 1. The van der Waals surface area contributed by atoms with Crippen molar-refractivity contribution in [3.63, 3.8) is 0 Å². The lowest BCUT2D eigenvalue weighted by atomic mass is 10.2. The second kappa shape index (κ2) is 5.36. The maximum Gasteiger partial charge on any atom is 0.324 e. The van der Waals surface area contributed by atoms with Crippen LogP contribution < -0.4 is 20.1 Å². The van der Waals surface area contributed by atoms with Crippen LogP contribution in [-0.2, 0) is 0 Å². The molecule has 1 aromatic rings. The first kappa shape index (κ1) is 13.5. The average Bonchev–Trinajstić information content (AvgIpc) is 2.74. The molecule has 2 amide bonds. The van der Waals surface area contributed by atoms with Crippen LogP contribution in [0.4, 0.5) is 10.5 Å². The summed E-state index contributed by atoms with van der Waals surface area (Å²) < 4.78 is 10.5. The summed E-state index contributed by atoms with van der Waals surface area (Å²) in [5.74, 6) is 1.30. The summed E-state index contributed by atoms with van der Waals surface area (Å²) in [5, 5.41) is 0. The zero-order chi connectivity index (χ0) is 14.0. The van der Waals surface area contributed by atoms with Crippen LogP contribution in [0.3, 0.4) is 0 Å². The molecule has 1 aliphatic heterocycles. The molecule has 0 saturated carbocycles. The minimum atomic E-state index is -0.0704. The summed E-state index contributed by atoms with van der Waals surface area (Å²) in [4.78, 5) is 15.5. The summed E-state index contributed by atoms with van der Waals surface area (Å²) in [5.41, 5.74) is 6.40. The average molecular weight is 265 g/mol. The Hall–Kier alpha value is -1.95. The third-order valence-electron chi connectivity index (χ3n) is 3.42. The molecule has 1 aromatic carbocycles. The molecule has 6 heteroatoms. The van der Waals surface area contributed by atoms with E-state index < -0.39 is 0 Å². The third-order valence-corrected chi connectivity index (χ3v) is 3.42. The van der Waals surface area contributed by atoms with E-state index in [9.17, 15) is 4.79 Å². The van der Waals surface area contributed by atoms with E-state index in [-0.39, 0.29) is 12.1 Å². The number of carbonyl (C=O) groups excluding carboxylic acids is 1. The van der Waals surface area contributed by atoms with Gasteiger partial charge < -0.3 is 20.1 Å². The molecule has 104 valence electrons. The lowest BCUT2D eigenvalue weighted by Crippen LogP contribution is -2.35. The van der Waals surface area contributed by atoms with Gasteiger partial charge in [0, 0.05) is 26.2 Å². The number of urea groups is 1. The van der Waals surface area contributed by atoms with Crippen molar-refractivity contribution in [1.29, 1.82) is 0 Å². The van der Waals surface area contributed by atoms with Gasteiger partial charge in [0.1, 0.15) is 11.5 Å². The molecule has 0 radical (unpaired) electrons. The van der Waals surface area contributed by atoms with Crippen molar-refractivity contribution in [2.24, 2.45) is 5.73 Å². The van der Waals surface area contributed by atoms with Crippen molar-refractivity contribution in [2.75, 3.05) is 39.3 Å². The maximum atomic E-state index is 12.2. The number of rotatable bonds is 4. The van der Waals surface area contributed by atoms with Crippen molar-refractivity contribution in [1.82, 2.24) is 4.90 Å². The molecular formula is C13H19N3O3. The predicted octanol–water partition coefficient (Wildman–Crippen LogP) is 0.903. The van der Waals surface area contributed by atoms with Crippen LogP contribution in [0.5, 0.6) is 11.5 Å². The fraction of sp³-hybridized carbons (Fsp3) is 0.462. The quantitative estimate of drug-likeness (QED) is 0.878. The number of hydrogen-bond acceptors (Lipinski definition) is 4. The molecule has 0 bridgehead atoms. The van der Waals surface area contributed by atoms with Crippen LogP contribution in [0.15, 0.2) is 18.2 Å². The second-order valence-corrected chi connectivity index (χ2v) is 4.43. The first-order valence-corrected chi connectivity index (χ1v) is 6.08. The van der Waals surface area contributed by atoms with Gasteiger partial charge in [0.05, 0.1) is 25.9 Å². The highest BCUT2D eigenvalue weighted by Gasteiger charge is 2.35. The van der Waals surface area contributed by atoms with E-state index in [0.717, 1.165) is 5.69 Å². The fourth-order valence-electron chi connectivity index (χ4n) is 2.20. The van der Waals surface area contributed by atoms with E-state index in [2.05, 4.69) is 0 Å². The molecule has 6 nitrogen and oxygen atoms in total. The highest BCUT2D eigenvalue weighted by atomic mass is 16.5. The van der Waals surface area contributed by atoms with Crippen LogP contribution in [0.25, 0.3) is 0 Å². The molecule has 0 aromatic heterocycles. The van der Waals surface area contributed by atoms with Gasteiger partial charge in [-0.2, -0.15) is 0 Å². The van der Waals surface area contributed by atoms with Gasteiger partial charge in [-0.15, -0.1) is 0 Å². The second-order valence-electron chi connectivity index (χ2n) is 4.43. The number of methoxy groups -OCH3 is 2. The summed E-state index contributed by atoms with van der Waals surface area (Å²) in [6.07, 6.45) is 0. The van der Waals surface area contributed by atoms with Crippen LogP contribution in [0, 0.1) is 0 Å². The Labute approximate surface area is 112 Å². The molecule has 0 aliphatic carbocycles. The number of amides is 2. The van der Waals surface area contributed by atoms with Gasteiger partial charge in [0.25, 0.3) is 0 Å². The minimum absolute atomic E-state index is 0.0271. The summed E-state index contributed by atoms with van der Waals surface area (Å²) in [6, 6.07) is 5.35. The van der Waals surface area contributed by atoms with Gasteiger partial charge in [-0.05, 0) is 12.1 Å². The summed E-state index contributed by atoms with van der Waals surface area (Å²) in [7, 11) is 4.92. The van der Waals surface area contributed by atoms with Crippen molar-refractivity contribution < 1.29 is 14.3 Å². The van der Waals surface area contributed by atoms with E-state index in [1.54, 1.807) is 43.2 Å². The van der Waals surface area contributed by atoms with Crippen LogP contribution in [0.1, 0.15) is 0 Å². The Morgan fingerprint density at radius 1 is 1.37 bits per heavy atom. The number of anilines is 1. The topological polar surface area (TPSA) is 68.0 Å². The molecule has 1 atom stereocenters. The minimum Gasteiger partial charge on any atom is -0.497 e. The smallest absolute Gasteiger partial charge is 0.324 e. The molecule has 1 heterocycles. The SMILES string of the molecule is COc1ccc(N2CC(CN)N(C)C2=O)c(OC)c1. The zero-order valence-electron chi connectivity index (χ0n) is 11.4. The highest BCUT2D eigenvalue weighted by Crippen LogP contribution is 2.34. The Kier molecular flexibility index (Phi) is 3.80. The number of nitrogens with zero attached hydrogens (tertiary/aromatic N) is 2. The van der Waals surface area contributed by atoms with Crippen molar-refractivity contribution in [2.45, 2.75) is 6.04 Å². The van der Waals surface area contributed by atoms with E-state index >= 15 is 0 Å². The van der Waals surface area contributed by atoms with Gasteiger partial charge in [-0.3, -0.25) is 4.90 Å². The normalized spacial score (nSPS) is 18.9. The molecule has 1 aliphatic rings. The van der Waals surface area contributed by atoms with Gasteiger partial charge in [0.2, 0.25) is 0 Å². The number of hydrogen-bond donors (Lipinski definition) is 1. The first-order chi connectivity index (χ1) is 9.12. The molecule has 1 fully saturated rings. The lowest BCUT2D eigenvalue weighted by molar-refractivity contribution is 0.219. The zero-order valence-corrected chi connectivity index (χ0v) is 11.4. The fourth-order valence-corrected chi connectivity index (χ4v) is 2.20. The molecule has 2 rings (SSSR count). The first-order valence-electron chi connectivity index (χ1n) is 6.08. The standard InChI is InChI=1S/C13H19N3O3/c1-15-9(7-14)8-16(13(15)17)11-5-4-10(18-2)6-12(11)19-3/h4-6,9H,7-8,14H2,1-3H3. The Morgan fingerprint density at radius 2 is 2.11 bits per heavy atom. The van der Waals surface area contributed by atoms with Crippen molar-refractivity contribution in [3.05, 3.63) is 18.2 Å². The van der Waals surface area contributed by atoms with Gasteiger partial charge in [-0.25, -0.2) is 4.79 Å². The van der Waals surface area contributed by atoms with E-state index in [4.69, 9.17) is 15.2 Å². The Morgan fingerprint density at radius 3 is 2.63 bits per heavy atom. The molecule has 0 spiro atoms. The van der Waals surface area contributed by atoms with Crippen LogP contribution >= 0.6 is 0 Å². The molecule has 2 N–H and O–H groups in total. The molecule has 19 heavy (non-hydrogen) atoms. The highest BCUT2D eigenvalue weighted by molar-refractivity contribution is 5.96.